The summed E-state index contributed by atoms with van der Waals surface area (Å²) < 4.78 is 26.0. The molecule has 0 saturated carbocycles. The predicted octanol–water partition coefficient (Wildman–Crippen LogP) is 0.122. The summed E-state index contributed by atoms with van der Waals surface area (Å²) in [6.07, 6.45) is 0.352. The highest BCUT2D eigenvalue weighted by atomic mass is 32.2. The van der Waals surface area contributed by atoms with Crippen molar-refractivity contribution in [3.05, 3.63) is 11.4 Å². The van der Waals surface area contributed by atoms with Gasteiger partial charge in [-0.1, -0.05) is 0 Å². The molecule has 1 atom stereocenters. The lowest BCUT2D eigenvalue weighted by atomic mass is 10.1. The average molecular weight is 273 g/mol. The minimum absolute atomic E-state index is 0.0295. The van der Waals surface area contributed by atoms with Crippen LogP contribution in [0.5, 0.6) is 0 Å². The van der Waals surface area contributed by atoms with E-state index in [4.69, 9.17) is 5.11 Å². The summed E-state index contributed by atoms with van der Waals surface area (Å²) in [4.78, 5) is 11.0. The van der Waals surface area contributed by atoms with Crippen LogP contribution in [0.3, 0.4) is 0 Å². The molecule has 1 aliphatic rings. The van der Waals surface area contributed by atoms with E-state index in [1.165, 1.54) is 4.31 Å². The van der Waals surface area contributed by atoms with Gasteiger partial charge in [0, 0.05) is 13.1 Å². The maximum Gasteiger partial charge on any atom is 0.307 e. The number of nitrogens with one attached hydrogen (secondary N) is 1. The summed E-state index contributed by atoms with van der Waals surface area (Å²) in [6, 6.07) is 0. The summed E-state index contributed by atoms with van der Waals surface area (Å²) in [6.45, 7) is 3.52. The van der Waals surface area contributed by atoms with E-state index < -0.39 is 21.9 Å². The van der Waals surface area contributed by atoms with Crippen LogP contribution in [0.15, 0.2) is 4.90 Å². The first-order valence-electron chi connectivity index (χ1n) is 5.58. The van der Waals surface area contributed by atoms with E-state index in [1.807, 2.05) is 0 Å². The average Bonchev–Trinajstić information content (AvgIpc) is 2.85. The van der Waals surface area contributed by atoms with Crippen molar-refractivity contribution in [1.82, 2.24) is 14.5 Å². The van der Waals surface area contributed by atoms with Crippen molar-refractivity contribution in [3.8, 4) is 0 Å². The third kappa shape index (κ3) is 2.01. The second-order valence-electron chi connectivity index (χ2n) is 4.45. The number of aromatic amines is 1. The van der Waals surface area contributed by atoms with Crippen LogP contribution in [0.4, 0.5) is 0 Å². The van der Waals surface area contributed by atoms with Gasteiger partial charge in [0.05, 0.1) is 17.3 Å². The van der Waals surface area contributed by atoms with Crippen LogP contribution in [0.25, 0.3) is 0 Å². The van der Waals surface area contributed by atoms with Gasteiger partial charge < -0.3 is 5.11 Å². The molecular weight excluding hydrogens is 258 g/mol. The summed E-state index contributed by atoms with van der Waals surface area (Å²) in [7, 11) is -3.65. The zero-order valence-corrected chi connectivity index (χ0v) is 11.0. The van der Waals surface area contributed by atoms with Gasteiger partial charge in [-0.3, -0.25) is 9.89 Å². The number of carboxylic acid groups (broad SMARTS) is 1. The van der Waals surface area contributed by atoms with Gasteiger partial charge in [-0.05, 0) is 20.3 Å². The molecule has 0 radical (unpaired) electrons. The number of nitrogens with zero attached hydrogens (tertiary/aromatic N) is 2. The molecule has 0 aromatic carbocycles. The molecule has 100 valence electrons. The van der Waals surface area contributed by atoms with Crippen LogP contribution in [-0.4, -0.2) is 47.1 Å². The third-order valence-electron chi connectivity index (χ3n) is 3.16. The van der Waals surface area contributed by atoms with E-state index in [0.717, 1.165) is 0 Å². The minimum atomic E-state index is -3.65. The highest BCUT2D eigenvalue weighted by Gasteiger charge is 2.37. The summed E-state index contributed by atoms with van der Waals surface area (Å²) in [5, 5.41) is 15.4. The van der Waals surface area contributed by atoms with Gasteiger partial charge in [0.2, 0.25) is 10.0 Å². The molecule has 0 amide bonds. The smallest absolute Gasteiger partial charge is 0.307 e. The van der Waals surface area contributed by atoms with Crippen LogP contribution < -0.4 is 0 Å². The molecule has 0 bridgehead atoms. The lowest BCUT2D eigenvalue weighted by molar-refractivity contribution is -0.141. The van der Waals surface area contributed by atoms with Crippen molar-refractivity contribution in [1.29, 1.82) is 0 Å². The highest BCUT2D eigenvalue weighted by molar-refractivity contribution is 7.89. The van der Waals surface area contributed by atoms with Gasteiger partial charge in [0.15, 0.2) is 0 Å². The van der Waals surface area contributed by atoms with Crippen molar-refractivity contribution in [2.45, 2.75) is 25.2 Å². The maximum atomic E-state index is 12.4. The molecule has 1 aromatic rings. The van der Waals surface area contributed by atoms with E-state index in [9.17, 15) is 13.2 Å². The molecule has 18 heavy (non-hydrogen) atoms. The number of H-pyrrole nitrogens is 1. The number of hydrogen-bond donors (Lipinski definition) is 2. The van der Waals surface area contributed by atoms with E-state index in [0.29, 0.717) is 17.8 Å². The molecule has 1 aliphatic heterocycles. The fraction of sp³-hybridized carbons (Fsp3) is 0.600. The first-order chi connectivity index (χ1) is 8.34. The summed E-state index contributed by atoms with van der Waals surface area (Å²) in [5.41, 5.74) is 0.887. The van der Waals surface area contributed by atoms with Gasteiger partial charge in [-0.25, -0.2) is 8.42 Å². The van der Waals surface area contributed by atoms with E-state index in [1.54, 1.807) is 13.8 Å². The number of aliphatic carboxylic acids is 1. The fourth-order valence-electron chi connectivity index (χ4n) is 2.20. The summed E-state index contributed by atoms with van der Waals surface area (Å²) >= 11 is 0. The van der Waals surface area contributed by atoms with Gasteiger partial charge in [0.25, 0.3) is 0 Å². The van der Waals surface area contributed by atoms with Crippen molar-refractivity contribution >= 4 is 16.0 Å². The molecule has 1 saturated heterocycles. The Kier molecular flexibility index (Phi) is 3.16. The van der Waals surface area contributed by atoms with Gasteiger partial charge in [-0.15, -0.1) is 0 Å². The predicted molar refractivity (Wildman–Crippen MR) is 62.6 cm³/mol. The molecule has 2 rings (SSSR count). The zero-order valence-electron chi connectivity index (χ0n) is 10.2. The lowest BCUT2D eigenvalue weighted by Crippen LogP contribution is -2.30. The van der Waals surface area contributed by atoms with Crippen LogP contribution in [-0.2, 0) is 14.8 Å². The lowest BCUT2D eigenvalue weighted by Gasteiger charge is -2.15. The maximum absolute atomic E-state index is 12.4. The SMILES string of the molecule is Cc1n[nH]c(C)c1S(=O)(=O)N1CC[C@@H](C(=O)O)C1. The van der Waals surface area contributed by atoms with Crippen LogP contribution >= 0.6 is 0 Å². The van der Waals surface area contributed by atoms with Crippen molar-refractivity contribution < 1.29 is 18.3 Å². The molecule has 0 spiro atoms. The Morgan fingerprint density at radius 3 is 2.61 bits per heavy atom. The van der Waals surface area contributed by atoms with Crippen LogP contribution in [0.1, 0.15) is 17.8 Å². The molecule has 1 fully saturated rings. The standard InChI is InChI=1S/C10H15N3O4S/c1-6-9(7(2)12-11-6)18(16,17)13-4-3-8(5-13)10(14)15/h8H,3-5H2,1-2H3,(H,11,12)(H,14,15)/t8-/m1/s1. The van der Waals surface area contributed by atoms with Gasteiger partial charge in [-0.2, -0.15) is 9.40 Å². The topological polar surface area (TPSA) is 103 Å². The Morgan fingerprint density at radius 2 is 2.17 bits per heavy atom. The first kappa shape index (κ1) is 13.0. The van der Waals surface area contributed by atoms with E-state index in [2.05, 4.69) is 10.2 Å². The summed E-state index contributed by atoms with van der Waals surface area (Å²) in [5.74, 6) is -1.57. The molecule has 0 aliphatic carbocycles. The number of carboxylic acids is 1. The first-order valence-corrected chi connectivity index (χ1v) is 7.02. The normalized spacial score (nSPS) is 21.3. The van der Waals surface area contributed by atoms with Crippen LogP contribution in [0, 0.1) is 19.8 Å². The van der Waals surface area contributed by atoms with Crippen molar-refractivity contribution in [2.75, 3.05) is 13.1 Å². The molecule has 1 aromatic heterocycles. The zero-order chi connectivity index (χ0) is 13.5. The van der Waals surface area contributed by atoms with Gasteiger partial charge >= 0.3 is 5.97 Å². The number of aryl methyl sites for hydroxylation is 2. The molecule has 7 nitrogen and oxygen atoms in total. The quantitative estimate of drug-likeness (QED) is 0.814. The Bertz CT molecular complexity index is 558. The highest BCUT2D eigenvalue weighted by Crippen LogP contribution is 2.27. The molecular formula is C10H15N3O4S. The Balaban J connectivity index is 2.32. The number of carbonyl (C=O) groups is 1. The number of hydrogen-bond acceptors (Lipinski definition) is 4. The molecule has 8 heteroatoms. The number of sulfonamides is 1. The van der Waals surface area contributed by atoms with Gasteiger partial charge in [0.1, 0.15) is 4.90 Å². The minimum Gasteiger partial charge on any atom is -0.481 e. The largest absolute Gasteiger partial charge is 0.481 e. The number of rotatable bonds is 3. The monoisotopic (exact) mass is 273 g/mol. The third-order valence-corrected chi connectivity index (χ3v) is 5.29. The molecule has 2 heterocycles. The van der Waals surface area contributed by atoms with Crippen molar-refractivity contribution in [3.63, 3.8) is 0 Å². The Labute approximate surface area is 105 Å². The van der Waals surface area contributed by atoms with Crippen LogP contribution in [0.2, 0.25) is 0 Å². The fourth-order valence-corrected chi connectivity index (χ4v) is 4.03. The number of aromatic nitrogens is 2. The Hall–Kier alpha value is -1.41. The second-order valence-corrected chi connectivity index (χ2v) is 6.32. The Morgan fingerprint density at radius 1 is 1.50 bits per heavy atom. The second kappa shape index (κ2) is 4.36. The van der Waals surface area contributed by atoms with Crippen molar-refractivity contribution in [2.24, 2.45) is 5.92 Å². The molecule has 2 N–H and O–H groups in total. The molecule has 0 unspecified atom stereocenters. The van der Waals surface area contributed by atoms with E-state index in [-0.39, 0.29) is 18.0 Å². The van der Waals surface area contributed by atoms with E-state index >= 15 is 0 Å².